The number of rotatable bonds is 9. The Kier molecular flexibility index (Phi) is 6.98. The van der Waals surface area contributed by atoms with E-state index in [2.05, 4.69) is 19.2 Å². The van der Waals surface area contributed by atoms with Gasteiger partial charge in [0, 0.05) is 22.8 Å². The summed E-state index contributed by atoms with van der Waals surface area (Å²) in [6.07, 6.45) is 6.45. The maximum atomic E-state index is 11.0. The second-order valence-corrected chi connectivity index (χ2v) is 5.79. The average molecular weight is 268 g/mol. The summed E-state index contributed by atoms with van der Waals surface area (Å²) < 4.78 is 0. The van der Waals surface area contributed by atoms with Gasteiger partial charge in [-0.2, -0.15) is 0 Å². The highest BCUT2D eigenvalue weighted by Crippen LogP contribution is 2.14. The van der Waals surface area contributed by atoms with Crippen LogP contribution in [0.25, 0.3) is 0 Å². The second-order valence-electron chi connectivity index (χ2n) is 4.80. The minimum atomic E-state index is -0.342. The molecular weight excluding hydrogens is 244 g/mol. The molecule has 0 aliphatic carbocycles. The Hall–Kier alpha value is -0.870. The standard InChI is InChI=1S/C14H24N2OS/c1-3-4-5-6-7-11(2)16-9-13-8-12(10-18-13)14(15)17/h8,10-11,16H,3-7,9H2,1-2H3,(H2,15,17). The molecule has 0 aliphatic rings. The minimum Gasteiger partial charge on any atom is -0.366 e. The highest BCUT2D eigenvalue weighted by molar-refractivity contribution is 7.10. The molecule has 1 heterocycles. The fraction of sp³-hybridized carbons (Fsp3) is 0.643. The molecule has 0 aromatic carbocycles. The van der Waals surface area contributed by atoms with Crippen LogP contribution in [-0.2, 0) is 6.54 Å². The summed E-state index contributed by atoms with van der Waals surface area (Å²) in [5, 5.41) is 5.31. The Morgan fingerprint density at radius 1 is 1.44 bits per heavy atom. The summed E-state index contributed by atoms with van der Waals surface area (Å²) in [5.41, 5.74) is 5.84. The number of primary amides is 1. The number of amides is 1. The molecule has 18 heavy (non-hydrogen) atoms. The lowest BCUT2D eigenvalue weighted by atomic mass is 10.1. The Morgan fingerprint density at radius 3 is 2.83 bits per heavy atom. The molecule has 1 aromatic heterocycles. The first-order valence-corrected chi connectivity index (χ1v) is 7.62. The van der Waals surface area contributed by atoms with Crippen molar-refractivity contribution in [3.63, 3.8) is 0 Å². The summed E-state index contributed by atoms with van der Waals surface area (Å²) in [7, 11) is 0. The summed E-state index contributed by atoms with van der Waals surface area (Å²) in [4.78, 5) is 12.1. The van der Waals surface area contributed by atoms with Gasteiger partial charge in [-0.15, -0.1) is 11.3 Å². The Bertz CT molecular complexity index is 362. The SMILES string of the molecule is CCCCCCC(C)NCc1cc(C(N)=O)cs1. The van der Waals surface area contributed by atoms with E-state index in [1.54, 1.807) is 11.3 Å². The average Bonchev–Trinajstić information content (AvgIpc) is 2.81. The largest absolute Gasteiger partial charge is 0.366 e. The van der Waals surface area contributed by atoms with E-state index in [9.17, 15) is 4.79 Å². The van der Waals surface area contributed by atoms with Gasteiger partial charge in [0.1, 0.15) is 0 Å². The second kappa shape index (κ2) is 8.27. The van der Waals surface area contributed by atoms with Gasteiger partial charge in [0.05, 0.1) is 5.56 Å². The zero-order valence-corrected chi connectivity index (χ0v) is 12.2. The smallest absolute Gasteiger partial charge is 0.249 e. The zero-order valence-electron chi connectivity index (χ0n) is 11.4. The first-order chi connectivity index (χ1) is 8.63. The monoisotopic (exact) mass is 268 g/mol. The zero-order chi connectivity index (χ0) is 13.4. The molecule has 3 nitrogen and oxygen atoms in total. The van der Waals surface area contributed by atoms with Gasteiger partial charge in [-0.3, -0.25) is 4.79 Å². The van der Waals surface area contributed by atoms with Crippen molar-refractivity contribution in [3.05, 3.63) is 21.9 Å². The van der Waals surface area contributed by atoms with Gasteiger partial charge in [0.25, 0.3) is 0 Å². The molecule has 0 saturated heterocycles. The molecular formula is C14H24N2OS. The topological polar surface area (TPSA) is 55.1 Å². The highest BCUT2D eigenvalue weighted by atomic mass is 32.1. The van der Waals surface area contributed by atoms with Crippen LogP contribution >= 0.6 is 11.3 Å². The van der Waals surface area contributed by atoms with Crippen LogP contribution in [0.1, 0.15) is 61.2 Å². The lowest BCUT2D eigenvalue weighted by Crippen LogP contribution is -2.24. The molecule has 0 bridgehead atoms. The van der Waals surface area contributed by atoms with E-state index in [-0.39, 0.29) is 5.91 Å². The molecule has 0 radical (unpaired) electrons. The van der Waals surface area contributed by atoms with E-state index in [1.807, 2.05) is 11.4 Å². The molecule has 1 amide bonds. The molecule has 4 heteroatoms. The molecule has 0 spiro atoms. The maximum Gasteiger partial charge on any atom is 0.249 e. The fourth-order valence-electron chi connectivity index (χ4n) is 1.86. The van der Waals surface area contributed by atoms with Gasteiger partial charge in [0.2, 0.25) is 5.91 Å². The number of nitrogens with two attached hydrogens (primary N) is 1. The Balaban J connectivity index is 2.20. The highest BCUT2D eigenvalue weighted by Gasteiger charge is 2.06. The Labute approximate surface area is 114 Å². The molecule has 1 unspecified atom stereocenters. The van der Waals surface area contributed by atoms with Gasteiger partial charge in [-0.05, 0) is 19.4 Å². The van der Waals surface area contributed by atoms with Gasteiger partial charge in [-0.1, -0.05) is 32.6 Å². The fourth-order valence-corrected chi connectivity index (χ4v) is 2.68. The predicted molar refractivity (Wildman–Crippen MR) is 77.9 cm³/mol. The molecule has 1 rings (SSSR count). The molecule has 0 fully saturated rings. The third-order valence-electron chi connectivity index (χ3n) is 3.05. The summed E-state index contributed by atoms with van der Waals surface area (Å²) in [6.45, 7) is 5.27. The van der Waals surface area contributed by atoms with E-state index in [0.717, 1.165) is 6.54 Å². The van der Waals surface area contributed by atoms with E-state index in [4.69, 9.17) is 5.73 Å². The van der Waals surface area contributed by atoms with Gasteiger partial charge in [-0.25, -0.2) is 0 Å². The number of hydrogen-bond acceptors (Lipinski definition) is 3. The first-order valence-electron chi connectivity index (χ1n) is 6.74. The minimum absolute atomic E-state index is 0.342. The van der Waals surface area contributed by atoms with E-state index in [0.29, 0.717) is 11.6 Å². The number of carbonyl (C=O) groups excluding carboxylic acids is 1. The third kappa shape index (κ3) is 5.65. The molecule has 102 valence electrons. The normalized spacial score (nSPS) is 12.6. The van der Waals surface area contributed by atoms with Crippen molar-refractivity contribution >= 4 is 17.2 Å². The molecule has 1 atom stereocenters. The third-order valence-corrected chi connectivity index (χ3v) is 3.99. The number of thiophene rings is 1. The quantitative estimate of drug-likeness (QED) is 0.675. The van der Waals surface area contributed by atoms with Crippen LogP contribution in [0.3, 0.4) is 0 Å². The molecule has 0 aliphatic heterocycles. The summed E-state index contributed by atoms with van der Waals surface area (Å²) >= 11 is 1.59. The maximum absolute atomic E-state index is 11.0. The van der Waals surface area contributed by atoms with Crippen molar-refractivity contribution in [2.45, 2.75) is 58.5 Å². The van der Waals surface area contributed by atoms with Crippen LogP contribution in [0.2, 0.25) is 0 Å². The van der Waals surface area contributed by atoms with Crippen molar-refractivity contribution < 1.29 is 4.79 Å². The van der Waals surface area contributed by atoms with Crippen LogP contribution in [0.5, 0.6) is 0 Å². The first kappa shape index (κ1) is 15.2. The molecule has 0 saturated carbocycles. The van der Waals surface area contributed by atoms with Crippen LogP contribution in [0.15, 0.2) is 11.4 Å². The summed E-state index contributed by atoms with van der Waals surface area (Å²) in [5.74, 6) is -0.342. The van der Waals surface area contributed by atoms with Crippen molar-refractivity contribution in [1.29, 1.82) is 0 Å². The van der Waals surface area contributed by atoms with Crippen molar-refractivity contribution in [3.8, 4) is 0 Å². The van der Waals surface area contributed by atoms with Gasteiger partial charge >= 0.3 is 0 Å². The molecule has 3 N–H and O–H groups in total. The predicted octanol–water partition coefficient (Wildman–Crippen LogP) is 3.30. The lowest BCUT2D eigenvalue weighted by molar-refractivity contribution is 0.100. The number of unbranched alkanes of at least 4 members (excludes halogenated alkanes) is 3. The number of nitrogens with one attached hydrogen (secondary N) is 1. The van der Waals surface area contributed by atoms with Crippen molar-refractivity contribution in [2.75, 3.05) is 0 Å². The number of carbonyl (C=O) groups is 1. The van der Waals surface area contributed by atoms with E-state index >= 15 is 0 Å². The van der Waals surface area contributed by atoms with Crippen molar-refractivity contribution in [2.24, 2.45) is 5.73 Å². The van der Waals surface area contributed by atoms with E-state index < -0.39 is 0 Å². The van der Waals surface area contributed by atoms with Crippen LogP contribution in [-0.4, -0.2) is 11.9 Å². The van der Waals surface area contributed by atoms with Gasteiger partial charge < -0.3 is 11.1 Å². The van der Waals surface area contributed by atoms with Crippen LogP contribution < -0.4 is 11.1 Å². The lowest BCUT2D eigenvalue weighted by Gasteiger charge is -2.12. The van der Waals surface area contributed by atoms with Gasteiger partial charge in [0.15, 0.2) is 0 Å². The van der Waals surface area contributed by atoms with Crippen LogP contribution in [0.4, 0.5) is 0 Å². The summed E-state index contributed by atoms with van der Waals surface area (Å²) in [6, 6.07) is 2.41. The van der Waals surface area contributed by atoms with E-state index in [1.165, 1.54) is 37.0 Å². The van der Waals surface area contributed by atoms with Crippen LogP contribution in [0, 0.1) is 0 Å². The van der Waals surface area contributed by atoms with Crippen molar-refractivity contribution in [1.82, 2.24) is 5.32 Å². The Morgan fingerprint density at radius 2 is 2.22 bits per heavy atom. The molecule has 1 aromatic rings. The number of hydrogen-bond donors (Lipinski definition) is 2.